The van der Waals surface area contributed by atoms with Crippen LogP contribution in [0.3, 0.4) is 0 Å². The molecule has 6 nitrogen and oxygen atoms in total. The molecule has 3 aromatic rings. The fraction of sp³-hybridized carbons (Fsp3) is 0.310. The lowest BCUT2D eigenvalue weighted by Crippen LogP contribution is -2.47. The first-order valence-electron chi connectivity index (χ1n) is 12.2. The van der Waals surface area contributed by atoms with Crippen LogP contribution in [0.4, 0.5) is 4.39 Å². The van der Waals surface area contributed by atoms with Crippen molar-refractivity contribution in [3.05, 3.63) is 94.8 Å². The number of fused-ring (bicyclic) bond motifs is 1. The van der Waals surface area contributed by atoms with Crippen LogP contribution in [0.5, 0.6) is 11.5 Å². The predicted molar refractivity (Wildman–Crippen MR) is 141 cm³/mol. The molecule has 1 fully saturated rings. The summed E-state index contributed by atoms with van der Waals surface area (Å²) in [7, 11) is 0. The number of halogens is 1. The summed E-state index contributed by atoms with van der Waals surface area (Å²) in [5.74, 6) is 0.821. The van der Waals surface area contributed by atoms with Gasteiger partial charge in [0.05, 0.1) is 0 Å². The zero-order valence-electron chi connectivity index (χ0n) is 21.0. The molecule has 2 heterocycles. The van der Waals surface area contributed by atoms with Gasteiger partial charge in [0.15, 0.2) is 11.5 Å². The molecule has 1 N–H and O–H groups in total. The van der Waals surface area contributed by atoms with E-state index in [0.29, 0.717) is 28.4 Å². The highest BCUT2D eigenvalue weighted by Crippen LogP contribution is 2.42. The summed E-state index contributed by atoms with van der Waals surface area (Å²) in [6.45, 7) is 6.80. The standard InChI is InChI=1S/C29H29FN2O4S/c1-29(2,3)21-10-8-19(9-11-21)27(34)32-23(16-37-28(32)20-5-4-6-22(30)14-20)26(33)31-15-18-7-12-24-25(13-18)36-17-35-24/h4-14,23,28H,15-17H2,1-3H3,(H,31,33). The van der Waals surface area contributed by atoms with E-state index in [0.717, 1.165) is 11.1 Å². The van der Waals surface area contributed by atoms with Crippen LogP contribution in [0, 0.1) is 5.82 Å². The molecule has 1 saturated heterocycles. The summed E-state index contributed by atoms with van der Waals surface area (Å²) in [6.07, 6.45) is 0. The lowest BCUT2D eigenvalue weighted by atomic mass is 9.86. The third kappa shape index (κ3) is 5.30. The second-order valence-electron chi connectivity index (χ2n) is 10.2. The Morgan fingerprint density at radius 2 is 1.78 bits per heavy atom. The van der Waals surface area contributed by atoms with Gasteiger partial charge in [-0.1, -0.05) is 51.1 Å². The van der Waals surface area contributed by atoms with Gasteiger partial charge in [0.1, 0.15) is 17.2 Å². The molecule has 37 heavy (non-hydrogen) atoms. The number of ether oxygens (including phenoxy) is 2. The molecule has 8 heteroatoms. The van der Waals surface area contributed by atoms with E-state index in [1.54, 1.807) is 29.2 Å². The Bertz CT molecular complexity index is 1320. The van der Waals surface area contributed by atoms with Crippen molar-refractivity contribution in [3.63, 3.8) is 0 Å². The molecule has 192 valence electrons. The van der Waals surface area contributed by atoms with Gasteiger partial charge < -0.3 is 19.7 Å². The highest BCUT2D eigenvalue weighted by molar-refractivity contribution is 7.99. The smallest absolute Gasteiger partial charge is 0.255 e. The quantitative estimate of drug-likeness (QED) is 0.486. The largest absolute Gasteiger partial charge is 0.454 e. The molecule has 5 rings (SSSR count). The predicted octanol–water partition coefficient (Wildman–Crippen LogP) is 5.42. The lowest BCUT2D eigenvalue weighted by Gasteiger charge is -2.29. The number of carbonyl (C=O) groups is 2. The van der Waals surface area contributed by atoms with E-state index in [-0.39, 0.29) is 36.4 Å². The second kappa shape index (κ2) is 10.1. The molecule has 0 radical (unpaired) electrons. The molecule has 2 amide bonds. The second-order valence-corrected chi connectivity index (χ2v) is 11.3. The molecule has 2 aliphatic rings. The SMILES string of the molecule is CC(C)(C)c1ccc(C(=O)N2C(C(=O)NCc3ccc4c(c3)OCO4)CSC2c2cccc(F)c2)cc1. The Morgan fingerprint density at radius 3 is 2.51 bits per heavy atom. The van der Waals surface area contributed by atoms with E-state index >= 15 is 0 Å². The summed E-state index contributed by atoms with van der Waals surface area (Å²) in [5, 5.41) is 2.48. The van der Waals surface area contributed by atoms with E-state index < -0.39 is 11.4 Å². The third-order valence-corrected chi connectivity index (χ3v) is 7.90. The molecular weight excluding hydrogens is 491 g/mol. The fourth-order valence-electron chi connectivity index (χ4n) is 4.49. The molecule has 2 aliphatic heterocycles. The van der Waals surface area contributed by atoms with Gasteiger partial charge in [0.2, 0.25) is 12.7 Å². The van der Waals surface area contributed by atoms with Crippen molar-refractivity contribution in [2.45, 2.75) is 44.1 Å². The minimum atomic E-state index is -0.706. The molecule has 0 aromatic heterocycles. The van der Waals surface area contributed by atoms with Gasteiger partial charge in [0, 0.05) is 17.9 Å². The van der Waals surface area contributed by atoms with Gasteiger partial charge in [-0.3, -0.25) is 9.59 Å². The summed E-state index contributed by atoms with van der Waals surface area (Å²) in [5.41, 5.74) is 3.06. The minimum absolute atomic E-state index is 0.0493. The van der Waals surface area contributed by atoms with Crippen molar-refractivity contribution in [3.8, 4) is 11.5 Å². The average molecular weight is 521 g/mol. The van der Waals surface area contributed by atoms with Gasteiger partial charge in [-0.05, 0) is 58.5 Å². The first-order valence-corrected chi connectivity index (χ1v) is 13.2. The summed E-state index contributed by atoms with van der Waals surface area (Å²) < 4.78 is 24.8. The number of amides is 2. The number of rotatable bonds is 5. The van der Waals surface area contributed by atoms with Crippen LogP contribution in [0.25, 0.3) is 0 Å². The van der Waals surface area contributed by atoms with Gasteiger partial charge in [-0.25, -0.2) is 4.39 Å². The first-order chi connectivity index (χ1) is 17.7. The van der Waals surface area contributed by atoms with E-state index in [4.69, 9.17) is 9.47 Å². The van der Waals surface area contributed by atoms with Crippen molar-refractivity contribution in [2.75, 3.05) is 12.5 Å². The summed E-state index contributed by atoms with van der Waals surface area (Å²) in [6, 6.07) is 18.5. The fourth-order valence-corrected chi connectivity index (χ4v) is 5.91. The van der Waals surface area contributed by atoms with Gasteiger partial charge in [0.25, 0.3) is 5.91 Å². The number of nitrogens with zero attached hydrogens (tertiary/aromatic N) is 1. The lowest BCUT2D eigenvalue weighted by molar-refractivity contribution is -0.125. The molecule has 3 aromatic carbocycles. The van der Waals surface area contributed by atoms with Crippen molar-refractivity contribution in [1.82, 2.24) is 10.2 Å². The number of benzene rings is 3. The molecule has 0 bridgehead atoms. The Kier molecular flexibility index (Phi) is 6.86. The van der Waals surface area contributed by atoms with Crippen molar-refractivity contribution >= 4 is 23.6 Å². The van der Waals surface area contributed by atoms with E-state index in [9.17, 15) is 14.0 Å². The molecule has 2 unspecified atom stereocenters. The zero-order valence-corrected chi connectivity index (χ0v) is 21.8. The zero-order chi connectivity index (χ0) is 26.2. The Hall–Kier alpha value is -3.52. The van der Waals surface area contributed by atoms with Crippen LogP contribution < -0.4 is 14.8 Å². The summed E-state index contributed by atoms with van der Waals surface area (Å²) >= 11 is 1.46. The Labute approximate surface area is 220 Å². The van der Waals surface area contributed by atoms with E-state index in [2.05, 4.69) is 26.1 Å². The number of carbonyl (C=O) groups excluding carboxylic acids is 2. The average Bonchev–Trinajstić information content (AvgIpc) is 3.53. The summed E-state index contributed by atoms with van der Waals surface area (Å²) in [4.78, 5) is 28.8. The van der Waals surface area contributed by atoms with E-state index in [1.807, 2.05) is 30.3 Å². The Balaban J connectivity index is 1.39. The maximum atomic E-state index is 14.1. The van der Waals surface area contributed by atoms with Crippen LogP contribution in [0.1, 0.15) is 53.2 Å². The molecule has 0 aliphatic carbocycles. The third-order valence-electron chi connectivity index (χ3n) is 6.57. The van der Waals surface area contributed by atoms with Crippen LogP contribution in [-0.2, 0) is 16.8 Å². The van der Waals surface area contributed by atoms with Gasteiger partial charge in [-0.15, -0.1) is 11.8 Å². The monoisotopic (exact) mass is 520 g/mol. The molecular formula is C29H29FN2O4S. The van der Waals surface area contributed by atoms with Crippen LogP contribution in [0.15, 0.2) is 66.7 Å². The molecule has 0 saturated carbocycles. The topological polar surface area (TPSA) is 67.9 Å². The minimum Gasteiger partial charge on any atom is -0.454 e. The van der Waals surface area contributed by atoms with Crippen LogP contribution in [0.2, 0.25) is 0 Å². The Morgan fingerprint density at radius 1 is 1.03 bits per heavy atom. The van der Waals surface area contributed by atoms with Crippen molar-refractivity contribution in [1.29, 1.82) is 0 Å². The number of hydrogen-bond donors (Lipinski definition) is 1. The van der Waals surface area contributed by atoms with Gasteiger partial charge >= 0.3 is 0 Å². The van der Waals surface area contributed by atoms with Crippen LogP contribution >= 0.6 is 11.8 Å². The highest BCUT2D eigenvalue weighted by Gasteiger charge is 2.42. The maximum Gasteiger partial charge on any atom is 0.255 e. The first kappa shape index (κ1) is 25.1. The normalized spacial score (nSPS) is 18.6. The number of thioether (sulfide) groups is 1. The van der Waals surface area contributed by atoms with E-state index in [1.165, 1.54) is 23.9 Å². The number of nitrogens with one attached hydrogen (secondary N) is 1. The molecule has 0 spiro atoms. The number of hydrogen-bond acceptors (Lipinski definition) is 5. The van der Waals surface area contributed by atoms with Crippen molar-refractivity contribution < 1.29 is 23.5 Å². The van der Waals surface area contributed by atoms with Crippen molar-refractivity contribution in [2.24, 2.45) is 0 Å². The highest BCUT2D eigenvalue weighted by atomic mass is 32.2. The maximum absolute atomic E-state index is 14.1. The van der Waals surface area contributed by atoms with Crippen LogP contribution in [-0.4, -0.2) is 35.3 Å². The van der Waals surface area contributed by atoms with Gasteiger partial charge in [-0.2, -0.15) is 0 Å². The molecule has 2 atom stereocenters.